The number of aliphatic carboxylic acids is 1. The van der Waals surface area contributed by atoms with Crippen LogP contribution < -0.4 is 9.60 Å². The fourth-order valence-corrected chi connectivity index (χ4v) is 4.20. The molecule has 0 bridgehead atoms. The van der Waals surface area contributed by atoms with Crippen molar-refractivity contribution in [2.75, 3.05) is 0 Å². The number of thiazole rings is 1. The van der Waals surface area contributed by atoms with E-state index in [4.69, 9.17) is 5.11 Å². The maximum absolute atomic E-state index is 12.1. The molecule has 9 heteroatoms. The van der Waals surface area contributed by atoms with Crippen LogP contribution in [0, 0.1) is 12.8 Å². The third-order valence-corrected chi connectivity index (χ3v) is 5.63. The summed E-state index contributed by atoms with van der Waals surface area (Å²) in [6, 6.07) is -0.723. The Kier molecular flexibility index (Phi) is 4.88. The summed E-state index contributed by atoms with van der Waals surface area (Å²) in [5, 5.41) is 8.77. The topological polar surface area (TPSA) is 116 Å². The number of hydrogen-bond donors (Lipinski definition) is 3. The van der Waals surface area contributed by atoms with E-state index in [1.807, 2.05) is 0 Å². The van der Waals surface area contributed by atoms with Gasteiger partial charge >= 0.3 is 10.8 Å². The Morgan fingerprint density at radius 3 is 2.42 bits per heavy atom. The molecule has 0 aliphatic carbocycles. The number of aromatic amines is 1. The van der Waals surface area contributed by atoms with E-state index in [0.29, 0.717) is 11.3 Å². The standard InChI is InChI=1S/C10H16N2O5S2/c1-5(2)7(4-8(13)14)12-19(16,17)9-6(3)11-10(15)18-9/h5,7,12H,4H2,1-3H3,(H,11,15)(H,13,14). The molecular formula is C10H16N2O5S2. The number of sulfonamides is 1. The molecule has 0 radical (unpaired) electrons. The third-order valence-electron chi connectivity index (χ3n) is 2.53. The van der Waals surface area contributed by atoms with Crippen molar-refractivity contribution in [3.05, 3.63) is 15.4 Å². The van der Waals surface area contributed by atoms with Gasteiger partial charge in [0.05, 0.1) is 6.42 Å². The Morgan fingerprint density at radius 2 is 2.05 bits per heavy atom. The monoisotopic (exact) mass is 308 g/mol. The Balaban J connectivity index is 3.04. The van der Waals surface area contributed by atoms with Gasteiger partial charge in [-0.2, -0.15) is 0 Å². The molecule has 3 N–H and O–H groups in total. The quantitative estimate of drug-likeness (QED) is 0.708. The molecule has 1 aromatic heterocycles. The van der Waals surface area contributed by atoms with E-state index >= 15 is 0 Å². The average Bonchev–Trinajstić information content (AvgIpc) is 2.56. The minimum atomic E-state index is -3.89. The minimum absolute atomic E-state index is 0.103. The van der Waals surface area contributed by atoms with Crippen molar-refractivity contribution in [3.63, 3.8) is 0 Å². The molecule has 0 saturated carbocycles. The van der Waals surface area contributed by atoms with Crippen LogP contribution in [-0.4, -0.2) is 30.5 Å². The van der Waals surface area contributed by atoms with Crippen molar-refractivity contribution >= 4 is 27.3 Å². The Morgan fingerprint density at radius 1 is 1.47 bits per heavy atom. The van der Waals surface area contributed by atoms with Crippen LogP contribution in [0.1, 0.15) is 26.0 Å². The third kappa shape index (κ3) is 4.15. The highest BCUT2D eigenvalue weighted by Gasteiger charge is 2.27. The van der Waals surface area contributed by atoms with Crippen LogP contribution in [0.2, 0.25) is 0 Å². The summed E-state index contributed by atoms with van der Waals surface area (Å²) in [7, 11) is -3.89. The number of carboxylic acid groups (broad SMARTS) is 1. The van der Waals surface area contributed by atoms with Gasteiger partial charge < -0.3 is 10.1 Å². The summed E-state index contributed by atoms with van der Waals surface area (Å²) < 4.78 is 26.5. The van der Waals surface area contributed by atoms with Gasteiger partial charge in [0.25, 0.3) is 10.0 Å². The van der Waals surface area contributed by atoms with E-state index in [2.05, 4.69) is 9.71 Å². The Hall–Kier alpha value is -1.19. The number of hydrogen-bond acceptors (Lipinski definition) is 5. The lowest BCUT2D eigenvalue weighted by molar-refractivity contribution is -0.137. The number of nitrogens with one attached hydrogen (secondary N) is 2. The second-order valence-corrected chi connectivity index (χ2v) is 7.39. The molecule has 0 aliphatic heterocycles. The molecule has 1 atom stereocenters. The number of aryl methyl sites for hydroxylation is 1. The van der Waals surface area contributed by atoms with Crippen molar-refractivity contribution in [2.45, 2.75) is 37.4 Å². The van der Waals surface area contributed by atoms with E-state index in [1.165, 1.54) is 6.92 Å². The first kappa shape index (κ1) is 15.9. The van der Waals surface area contributed by atoms with E-state index in [1.54, 1.807) is 13.8 Å². The molecule has 7 nitrogen and oxygen atoms in total. The molecular weight excluding hydrogens is 292 g/mol. The van der Waals surface area contributed by atoms with E-state index in [9.17, 15) is 18.0 Å². The van der Waals surface area contributed by atoms with E-state index in [-0.39, 0.29) is 22.2 Å². The van der Waals surface area contributed by atoms with Crippen molar-refractivity contribution in [1.82, 2.24) is 9.71 Å². The number of carboxylic acids is 1. The average molecular weight is 308 g/mol. The van der Waals surface area contributed by atoms with Gasteiger partial charge in [-0.25, -0.2) is 13.1 Å². The van der Waals surface area contributed by atoms with Crippen LogP contribution >= 0.6 is 11.3 Å². The van der Waals surface area contributed by atoms with Crippen LogP contribution in [0.15, 0.2) is 9.00 Å². The molecule has 1 unspecified atom stereocenters. The molecule has 1 heterocycles. The van der Waals surface area contributed by atoms with Gasteiger partial charge in [-0.05, 0) is 12.8 Å². The number of carbonyl (C=O) groups is 1. The van der Waals surface area contributed by atoms with Crippen molar-refractivity contribution < 1.29 is 18.3 Å². The van der Waals surface area contributed by atoms with Crippen LogP contribution in [0.3, 0.4) is 0 Å². The summed E-state index contributed by atoms with van der Waals surface area (Å²) >= 11 is 0.585. The van der Waals surface area contributed by atoms with E-state index < -0.39 is 26.9 Å². The van der Waals surface area contributed by atoms with Gasteiger partial charge in [-0.15, -0.1) is 0 Å². The molecule has 0 amide bonds. The first-order valence-electron chi connectivity index (χ1n) is 5.57. The maximum Gasteiger partial charge on any atom is 0.305 e. The summed E-state index contributed by atoms with van der Waals surface area (Å²) in [6.07, 6.45) is -0.310. The molecule has 0 spiro atoms. The molecule has 0 saturated heterocycles. The van der Waals surface area contributed by atoms with Gasteiger partial charge in [-0.1, -0.05) is 25.2 Å². The lowest BCUT2D eigenvalue weighted by Gasteiger charge is -2.20. The largest absolute Gasteiger partial charge is 0.481 e. The van der Waals surface area contributed by atoms with Crippen molar-refractivity contribution in [3.8, 4) is 0 Å². The summed E-state index contributed by atoms with van der Waals surface area (Å²) in [5.74, 6) is -1.26. The summed E-state index contributed by atoms with van der Waals surface area (Å²) in [6.45, 7) is 4.93. The Bertz CT molecular complexity index is 614. The highest BCUT2D eigenvalue weighted by atomic mass is 32.2. The predicted molar refractivity (Wildman–Crippen MR) is 70.9 cm³/mol. The van der Waals surface area contributed by atoms with Crippen molar-refractivity contribution in [1.29, 1.82) is 0 Å². The van der Waals surface area contributed by atoms with Crippen LogP contribution in [0.4, 0.5) is 0 Å². The molecule has 0 aliphatic rings. The zero-order valence-corrected chi connectivity index (χ0v) is 12.4. The normalized spacial score (nSPS) is 13.7. The molecule has 108 valence electrons. The lowest BCUT2D eigenvalue weighted by atomic mass is 10.0. The highest BCUT2D eigenvalue weighted by Crippen LogP contribution is 2.18. The molecule has 19 heavy (non-hydrogen) atoms. The summed E-state index contributed by atoms with van der Waals surface area (Å²) in [5.41, 5.74) is 0.250. The Labute approximate surface area is 114 Å². The number of rotatable bonds is 6. The minimum Gasteiger partial charge on any atom is -0.481 e. The molecule has 0 aromatic carbocycles. The fourth-order valence-electron chi connectivity index (χ4n) is 1.50. The maximum atomic E-state index is 12.1. The second-order valence-electron chi connectivity index (χ2n) is 4.50. The highest BCUT2D eigenvalue weighted by molar-refractivity contribution is 7.91. The van der Waals surface area contributed by atoms with Crippen LogP contribution in [0.5, 0.6) is 0 Å². The van der Waals surface area contributed by atoms with Gasteiger partial charge in [0.15, 0.2) is 4.21 Å². The number of H-pyrrole nitrogens is 1. The van der Waals surface area contributed by atoms with Crippen molar-refractivity contribution in [2.24, 2.45) is 5.92 Å². The second kappa shape index (κ2) is 5.85. The van der Waals surface area contributed by atoms with Gasteiger partial charge in [-0.3, -0.25) is 9.59 Å². The number of aromatic nitrogens is 1. The van der Waals surface area contributed by atoms with Gasteiger partial charge in [0, 0.05) is 11.7 Å². The lowest BCUT2D eigenvalue weighted by Crippen LogP contribution is -2.39. The molecule has 0 fully saturated rings. The SMILES string of the molecule is Cc1[nH]c(=O)sc1S(=O)(=O)NC(CC(=O)O)C(C)C. The van der Waals surface area contributed by atoms with E-state index in [0.717, 1.165) is 0 Å². The molecule has 1 aromatic rings. The zero-order chi connectivity index (χ0) is 14.8. The smallest absolute Gasteiger partial charge is 0.305 e. The van der Waals surface area contributed by atoms with Gasteiger partial charge in [0.1, 0.15) is 0 Å². The van der Waals surface area contributed by atoms with Crippen LogP contribution in [0.25, 0.3) is 0 Å². The zero-order valence-electron chi connectivity index (χ0n) is 10.8. The first-order valence-corrected chi connectivity index (χ1v) is 7.87. The molecule has 1 rings (SSSR count). The first-order chi connectivity index (χ1) is 8.63. The van der Waals surface area contributed by atoms with Gasteiger partial charge in [0.2, 0.25) is 0 Å². The van der Waals surface area contributed by atoms with Crippen LogP contribution in [-0.2, 0) is 14.8 Å². The predicted octanol–water partition coefficient (Wildman–Crippen LogP) is 0.522. The summed E-state index contributed by atoms with van der Waals surface area (Å²) in [4.78, 5) is 23.8. The fraction of sp³-hybridized carbons (Fsp3) is 0.600.